The van der Waals surface area contributed by atoms with Crippen molar-refractivity contribution in [2.45, 2.75) is 31.4 Å². The van der Waals surface area contributed by atoms with Crippen molar-refractivity contribution in [3.8, 4) is 0 Å². The second kappa shape index (κ2) is 5.98. The number of carbonyl (C=O) groups is 1. The Balaban J connectivity index is 1.82. The highest BCUT2D eigenvalue weighted by molar-refractivity contribution is 5.78. The molecule has 1 aromatic carbocycles. The molecule has 0 spiro atoms. The lowest BCUT2D eigenvalue weighted by Crippen LogP contribution is -2.34. The van der Waals surface area contributed by atoms with Crippen molar-refractivity contribution < 1.29 is 15.0 Å². The normalized spacial score (nSPS) is 27.1. The molecule has 1 aliphatic rings. The van der Waals surface area contributed by atoms with Gasteiger partial charge in [0.2, 0.25) is 5.91 Å². The molecule has 0 bridgehead atoms. The number of rotatable bonds is 4. The molecule has 4 heteroatoms. The van der Waals surface area contributed by atoms with Crippen molar-refractivity contribution in [3.63, 3.8) is 0 Å². The summed E-state index contributed by atoms with van der Waals surface area (Å²) in [6.45, 7) is -0.0216. The first-order valence-corrected chi connectivity index (χ1v) is 6.31. The predicted octanol–water partition coefficient (Wildman–Crippen LogP) is 0.477. The zero-order valence-corrected chi connectivity index (χ0v) is 10.2. The van der Waals surface area contributed by atoms with E-state index in [0.29, 0.717) is 19.3 Å². The molecule has 0 aromatic heterocycles. The van der Waals surface area contributed by atoms with E-state index < -0.39 is 6.10 Å². The van der Waals surface area contributed by atoms with Crippen LogP contribution in [0.5, 0.6) is 0 Å². The van der Waals surface area contributed by atoms with E-state index in [9.17, 15) is 9.90 Å². The lowest BCUT2D eigenvalue weighted by Gasteiger charge is -2.12. The van der Waals surface area contributed by atoms with Gasteiger partial charge in [-0.2, -0.15) is 0 Å². The summed E-state index contributed by atoms with van der Waals surface area (Å²) in [5.41, 5.74) is 0.979. The maximum Gasteiger partial charge on any atom is 0.224 e. The van der Waals surface area contributed by atoms with Crippen LogP contribution in [-0.4, -0.2) is 34.9 Å². The van der Waals surface area contributed by atoms with Gasteiger partial charge in [0.1, 0.15) is 0 Å². The van der Waals surface area contributed by atoms with Gasteiger partial charge in [-0.1, -0.05) is 30.3 Å². The van der Waals surface area contributed by atoms with Crippen LogP contribution in [0.1, 0.15) is 18.4 Å². The fourth-order valence-corrected chi connectivity index (χ4v) is 2.48. The number of hydrogen-bond acceptors (Lipinski definition) is 3. The van der Waals surface area contributed by atoms with Crippen LogP contribution >= 0.6 is 0 Å². The summed E-state index contributed by atoms with van der Waals surface area (Å²) >= 11 is 0. The van der Waals surface area contributed by atoms with Crippen molar-refractivity contribution in [1.29, 1.82) is 0 Å². The molecular weight excluding hydrogens is 230 g/mol. The third kappa shape index (κ3) is 3.31. The van der Waals surface area contributed by atoms with Crippen molar-refractivity contribution in [3.05, 3.63) is 35.9 Å². The zero-order chi connectivity index (χ0) is 13.0. The van der Waals surface area contributed by atoms with E-state index >= 15 is 0 Å². The van der Waals surface area contributed by atoms with Crippen LogP contribution in [0.2, 0.25) is 0 Å². The van der Waals surface area contributed by atoms with Crippen LogP contribution in [0, 0.1) is 5.92 Å². The number of carbonyl (C=O) groups excluding carboxylic acids is 1. The fraction of sp³-hybridized carbons (Fsp3) is 0.500. The van der Waals surface area contributed by atoms with E-state index in [1.54, 1.807) is 0 Å². The minimum Gasteiger partial charge on any atom is -0.396 e. The van der Waals surface area contributed by atoms with Gasteiger partial charge in [-0.15, -0.1) is 0 Å². The van der Waals surface area contributed by atoms with E-state index in [-0.39, 0.29) is 24.5 Å². The molecule has 4 nitrogen and oxygen atoms in total. The van der Waals surface area contributed by atoms with Crippen molar-refractivity contribution in [2.24, 2.45) is 5.92 Å². The molecule has 3 N–H and O–H groups in total. The fourth-order valence-electron chi connectivity index (χ4n) is 2.48. The van der Waals surface area contributed by atoms with Gasteiger partial charge < -0.3 is 15.5 Å². The minimum atomic E-state index is -0.503. The van der Waals surface area contributed by atoms with Gasteiger partial charge in [0, 0.05) is 18.6 Å². The van der Waals surface area contributed by atoms with Crippen molar-refractivity contribution >= 4 is 5.91 Å². The van der Waals surface area contributed by atoms with E-state index in [0.717, 1.165) is 5.56 Å². The number of aliphatic hydroxyl groups is 2. The number of hydrogen-bond donors (Lipinski definition) is 3. The molecule has 0 heterocycles. The summed E-state index contributed by atoms with van der Waals surface area (Å²) in [6, 6.07) is 9.54. The standard InChI is InChI=1S/C14H19NO3/c16-9-11-7-12(8-13(11)17)15-14(18)6-10-4-2-1-3-5-10/h1-5,11-13,16-17H,6-9H2,(H,15,18)/t11-,12-,13-/m1/s1. The molecule has 1 fully saturated rings. The molecule has 1 aliphatic carbocycles. The summed E-state index contributed by atoms with van der Waals surface area (Å²) in [6.07, 6.45) is 1.04. The van der Waals surface area contributed by atoms with Gasteiger partial charge >= 0.3 is 0 Å². The largest absolute Gasteiger partial charge is 0.396 e. The highest BCUT2D eigenvalue weighted by atomic mass is 16.3. The number of nitrogens with one attached hydrogen (secondary N) is 1. The van der Waals surface area contributed by atoms with E-state index in [4.69, 9.17) is 5.11 Å². The van der Waals surface area contributed by atoms with Crippen molar-refractivity contribution in [1.82, 2.24) is 5.32 Å². The Hall–Kier alpha value is -1.39. The van der Waals surface area contributed by atoms with Gasteiger partial charge in [-0.25, -0.2) is 0 Å². The van der Waals surface area contributed by atoms with Crippen LogP contribution in [0.25, 0.3) is 0 Å². The molecule has 0 saturated heterocycles. The molecule has 18 heavy (non-hydrogen) atoms. The lowest BCUT2D eigenvalue weighted by atomic mass is 10.1. The SMILES string of the molecule is O=C(Cc1ccccc1)N[C@@H]1C[C@H](CO)[C@H](O)C1. The van der Waals surface area contributed by atoms with Crippen LogP contribution in [0.4, 0.5) is 0 Å². The first-order chi connectivity index (χ1) is 8.69. The first-order valence-electron chi connectivity index (χ1n) is 6.31. The zero-order valence-electron chi connectivity index (χ0n) is 10.2. The molecule has 2 rings (SSSR count). The molecule has 1 saturated carbocycles. The summed E-state index contributed by atoms with van der Waals surface area (Å²) in [5.74, 6) is -0.135. The third-order valence-electron chi connectivity index (χ3n) is 3.46. The highest BCUT2D eigenvalue weighted by Crippen LogP contribution is 2.25. The lowest BCUT2D eigenvalue weighted by molar-refractivity contribution is -0.121. The van der Waals surface area contributed by atoms with Gasteiger partial charge in [0.25, 0.3) is 0 Å². The number of aliphatic hydroxyl groups excluding tert-OH is 2. The Kier molecular flexibility index (Phi) is 4.33. The summed E-state index contributed by atoms with van der Waals surface area (Å²) < 4.78 is 0. The average Bonchev–Trinajstić information content (AvgIpc) is 2.70. The monoisotopic (exact) mass is 249 g/mol. The topological polar surface area (TPSA) is 69.6 Å². The minimum absolute atomic E-state index is 0.0200. The molecule has 0 unspecified atom stereocenters. The van der Waals surface area contributed by atoms with Gasteiger partial charge in [0.05, 0.1) is 12.5 Å². The molecule has 0 radical (unpaired) electrons. The summed E-state index contributed by atoms with van der Waals surface area (Å²) in [5, 5.41) is 21.6. The second-order valence-corrected chi connectivity index (χ2v) is 4.91. The smallest absolute Gasteiger partial charge is 0.224 e. The van der Waals surface area contributed by atoms with Crippen LogP contribution in [-0.2, 0) is 11.2 Å². The third-order valence-corrected chi connectivity index (χ3v) is 3.46. The number of benzene rings is 1. The quantitative estimate of drug-likeness (QED) is 0.727. The predicted molar refractivity (Wildman–Crippen MR) is 67.9 cm³/mol. The van der Waals surface area contributed by atoms with Crippen LogP contribution in [0.15, 0.2) is 30.3 Å². The van der Waals surface area contributed by atoms with Crippen LogP contribution < -0.4 is 5.32 Å². The Morgan fingerprint density at radius 1 is 1.28 bits per heavy atom. The molecular formula is C14H19NO3. The summed E-state index contributed by atoms with van der Waals surface area (Å²) in [4.78, 5) is 11.8. The molecule has 98 valence electrons. The molecule has 0 aliphatic heterocycles. The Morgan fingerprint density at radius 3 is 2.61 bits per heavy atom. The highest BCUT2D eigenvalue weighted by Gasteiger charge is 2.33. The van der Waals surface area contributed by atoms with Crippen LogP contribution in [0.3, 0.4) is 0 Å². The van der Waals surface area contributed by atoms with E-state index in [1.165, 1.54) is 0 Å². The van der Waals surface area contributed by atoms with Crippen molar-refractivity contribution in [2.75, 3.05) is 6.61 Å². The molecule has 1 amide bonds. The van der Waals surface area contributed by atoms with Gasteiger partial charge in [-0.3, -0.25) is 4.79 Å². The van der Waals surface area contributed by atoms with E-state index in [2.05, 4.69) is 5.32 Å². The van der Waals surface area contributed by atoms with Gasteiger partial charge in [-0.05, 0) is 18.4 Å². The number of amides is 1. The Morgan fingerprint density at radius 2 is 2.00 bits per heavy atom. The first kappa shape index (κ1) is 13.1. The average molecular weight is 249 g/mol. The maximum atomic E-state index is 11.8. The summed E-state index contributed by atoms with van der Waals surface area (Å²) in [7, 11) is 0. The molecule has 1 aromatic rings. The second-order valence-electron chi connectivity index (χ2n) is 4.91. The maximum absolute atomic E-state index is 11.8. The van der Waals surface area contributed by atoms with Gasteiger partial charge in [0.15, 0.2) is 0 Å². The Labute approximate surface area is 107 Å². The Bertz CT molecular complexity index is 393. The van der Waals surface area contributed by atoms with E-state index in [1.807, 2.05) is 30.3 Å². The molecule has 3 atom stereocenters.